The van der Waals surface area contributed by atoms with Gasteiger partial charge in [0.25, 0.3) is 0 Å². The second kappa shape index (κ2) is 5.98. The van der Waals surface area contributed by atoms with Crippen LogP contribution in [0.3, 0.4) is 0 Å². The van der Waals surface area contributed by atoms with E-state index in [9.17, 15) is 4.79 Å². The normalized spacial score (nSPS) is 12.7. The van der Waals surface area contributed by atoms with E-state index in [0.717, 1.165) is 13.0 Å². The highest BCUT2D eigenvalue weighted by molar-refractivity contribution is 7.17. The molecule has 1 aromatic carbocycles. The van der Waals surface area contributed by atoms with Gasteiger partial charge in [-0.2, -0.15) is 0 Å². The van der Waals surface area contributed by atoms with Gasteiger partial charge in [-0.05, 0) is 35.4 Å². The van der Waals surface area contributed by atoms with E-state index in [1.165, 1.54) is 15.6 Å². The van der Waals surface area contributed by atoms with Crippen molar-refractivity contribution in [3.63, 3.8) is 0 Å². The number of hydrogen-bond donors (Lipinski definition) is 2. The number of carbonyl (C=O) groups is 1. The summed E-state index contributed by atoms with van der Waals surface area (Å²) >= 11 is 1.76. The topological polar surface area (TPSA) is 49.3 Å². The van der Waals surface area contributed by atoms with Gasteiger partial charge in [0.05, 0.1) is 5.92 Å². The number of carboxylic acid groups (broad SMARTS) is 1. The maximum Gasteiger partial charge on any atom is 0.307 e. The van der Waals surface area contributed by atoms with Crippen LogP contribution in [0.4, 0.5) is 0 Å². The molecule has 2 rings (SSSR count). The lowest BCUT2D eigenvalue weighted by molar-refractivity contribution is -0.140. The molecule has 0 saturated heterocycles. The summed E-state index contributed by atoms with van der Waals surface area (Å²) in [4.78, 5) is 10.7. The minimum absolute atomic E-state index is 0.329. The Morgan fingerprint density at radius 1 is 1.44 bits per heavy atom. The molecule has 0 radical (unpaired) electrons. The van der Waals surface area contributed by atoms with Gasteiger partial charge in [-0.3, -0.25) is 4.79 Å². The molecule has 18 heavy (non-hydrogen) atoms. The average Bonchev–Trinajstić information content (AvgIpc) is 2.77. The molecule has 2 aromatic rings. The maximum atomic E-state index is 10.7. The minimum Gasteiger partial charge on any atom is -0.481 e. The van der Waals surface area contributed by atoms with E-state index in [-0.39, 0.29) is 5.92 Å². The standard InChI is InChI=1S/C14H17NO2S/c1-10(14(16)17)8-15-7-6-11-9-18-13-5-3-2-4-12(11)13/h2-5,9-10,15H,6-8H2,1H3,(H,16,17). The molecule has 0 bridgehead atoms. The zero-order chi connectivity index (χ0) is 13.0. The summed E-state index contributed by atoms with van der Waals surface area (Å²) in [6, 6.07) is 8.37. The SMILES string of the molecule is CC(CNCCc1csc2ccccc12)C(=O)O. The van der Waals surface area contributed by atoms with Crippen LogP contribution in [0.25, 0.3) is 10.1 Å². The Labute approximate surface area is 110 Å². The van der Waals surface area contributed by atoms with Gasteiger partial charge in [0.15, 0.2) is 0 Å². The van der Waals surface area contributed by atoms with Crippen molar-refractivity contribution in [1.29, 1.82) is 0 Å². The third-order valence-electron chi connectivity index (χ3n) is 3.00. The van der Waals surface area contributed by atoms with Crippen molar-refractivity contribution < 1.29 is 9.90 Å². The van der Waals surface area contributed by atoms with Crippen LogP contribution in [-0.2, 0) is 11.2 Å². The zero-order valence-electron chi connectivity index (χ0n) is 10.3. The Bertz CT molecular complexity index is 535. The minimum atomic E-state index is -0.747. The van der Waals surface area contributed by atoms with E-state index >= 15 is 0 Å². The molecule has 3 nitrogen and oxygen atoms in total. The monoisotopic (exact) mass is 263 g/mol. The summed E-state index contributed by atoms with van der Waals surface area (Å²) < 4.78 is 1.31. The number of rotatable bonds is 6. The highest BCUT2D eigenvalue weighted by atomic mass is 32.1. The van der Waals surface area contributed by atoms with Crippen LogP contribution in [-0.4, -0.2) is 24.2 Å². The van der Waals surface area contributed by atoms with Gasteiger partial charge in [0.1, 0.15) is 0 Å². The number of carboxylic acids is 1. The first-order valence-corrected chi connectivity index (χ1v) is 6.95. The fraction of sp³-hybridized carbons (Fsp3) is 0.357. The molecule has 0 aliphatic rings. The van der Waals surface area contributed by atoms with Gasteiger partial charge in [-0.1, -0.05) is 25.1 Å². The molecule has 0 aliphatic heterocycles. The van der Waals surface area contributed by atoms with Crippen LogP contribution in [0.5, 0.6) is 0 Å². The summed E-state index contributed by atoms with van der Waals surface area (Å²) in [5.74, 6) is -1.08. The summed E-state index contributed by atoms with van der Waals surface area (Å²) in [6.07, 6.45) is 0.941. The van der Waals surface area contributed by atoms with Gasteiger partial charge in [0.2, 0.25) is 0 Å². The Kier molecular flexibility index (Phi) is 4.33. The molecular weight excluding hydrogens is 246 g/mol. The first kappa shape index (κ1) is 13.1. The third-order valence-corrected chi connectivity index (χ3v) is 4.02. The number of aliphatic carboxylic acids is 1. The molecule has 1 atom stereocenters. The Morgan fingerprint density at radius 2 is 2.22 bits per heavy atom. The summed E-state index contributed by atoms with van der Waals surface area (Å²) in [5, 5.41) is 15.5. The highest BCUT2D eigenvalue weighted by Crippen LogP contribution is 2.25. The number of thiophene rings is 1. The molecule has 1 aromatic heterocycles. The molecule has 0 spiro atoms. The van der Waals surface area contributed by atoms with Gasteiger partial charge in [-0.15, -0.1) is 11.3 Å². The molecule has 1 unspecified atom stereocenters. The predicted octanol–water partition coefficient (Wildman–Crippen LogP) is 2.75. The quantitative estimate of drug-likeness (QED) is 0.788. The Morgan fingerprint density at radius 3 is 3.00 bits per heavy atom. The number of benzene rings is 1. The predicted molar refractivity (Wildman–Crippen MR) is 75.2 cm³/mol. The van der Waals surface area contributed by atoms with E-state index in [2.05, 4.69) is 35.0 Å². The second-order valence-electron chi connectivity index (χ2n) is 4.45. The van der Waals surface area contributed by atoms with Gasteiger partial charge in [-0.25, -0.2) is 0 Å². The molecule has 4 heteroatoms. The molecule has 2 N–H and O–H groups in total. The van der Waals surface area contributed by atoms with Crippen molar-refractivity contribution in [2.75, 3.05) is 13.1 Å². The smallest absolute Gasteiger partial charge is 0.307 e. The van der Waals surface area contributed by atoms with E-state index < -0.39 is 5.97 Å². The first-order valence-electron chi connectivity index (χ1n) is 6.07. The lowest BCUT2D eigenvalue weighted by atomic mass is 10.1. The van der Waals surface area contributed by atoms with E-state index in [0.29, 0.717) is 6.54 Å². The van der Waals surface area contributed by atoms with E-state index in [1.807, 2.05) is 0 Å². The third kappa shape index (κ3) is 3.09. The van der Waals surface area contributed by atoms with Crippen molar-refractivity contribution in [2.24, 2.45) is 5.92 Å². The summed E-state index contributed by atoms with van der Waals surface area (Å²) in [5.41, 5.74) is 1.34. The van der Waals surface area contributed by atoms with E-state index in [1.54, 1.807) is 18.3 Å². The van der Waals surface area contributed by atoms with Gasteiger partial charge in [0, 0.05) is 11.2 Å². The molecule has 0 saturated carbocycles. The van der Waals surface area contributed by atoms with Crippen LogP contribution in [0.1, 0.15) is 12.5 Å². The highest BCUT2D eigenvalue weighted by Gasteiger charge is 2.09. The van der Waals surface area contributed by atoms with Crippen molar-refractivity contribution in [1.82, 2.24) is 5.32 Å². The largest absolute Gasteiger partial charge is 0.481 e. The molecule has 96 valence electrons. The fourth-order valence-corrected chi connectivity index (χ4v) is 2.85. The van der Waals surface area contributed by atoms with Crippen LogP contribution in [0.15, 0.2) is 29.6 Å². The van der Waals surface area contributed by atoms with Crippen molar-refractivity contribution in [3.8, 4) is 0 Å². The van der Waals surface area contributed by atoms with Crippen molar-refractivity contribution >= 4 is 27.4 Å². The molecule has 1 heterocycles. The molecule has 0 amide bonds. The van der Waals surface area contributed by atoms with E-state index in [4.69, 9.17) is 5.11 Å². The van der Waals surface area contributed by atoms with Crippen LogP contribution >= 0.6 is 11.3 Å². The fourth-order valence-electron chi connectivity index (χ4n) is 1.86. The number of hydrogen-bond acceptors (Lipinski definition) is 3. The second-order valence-corrected chi connectivity index (χ2v) is 5.36. The van der Waals surface area contributed by atoms with Crippen molar-refractivity contribution in [3.05, 3.63) is 35.2 Å². The Hall–Kier alpha value is -1.39. The first-order chi connectivity index (χ1) is 8.68. The van der Waals surface area contributed by atoms with Crippen LogP contribution in [0, 0.1) is 5.92 Å². The summed E-state index contributed by atoms with van der Waals surface area (Å²) in [7, 11) is 0. The Balaban J connectivity index is 1.85. The van der Waals surface area contributed by atoms with Gasteiger partial charge >= 0.3 is 5.97 Å². The van der Waals surface area contributed by atoms with Crippen LogP contribution < -0.4 is 5.32 Å². The van der Waals surface area contributed by atoms with Gasteiger partial charge < -0.3 is 10.4 Å². The molecular formula is C14H17NO2S. The summed E-state index contributed by atoms with van der Waals surface area (Å²) in [6.45, 7) is 3.06. The lowest BCUT2D eigenvalue weighted by Crippen LogP contribution is -2.27. The average molecular weight is 263 g/mol. The molecule has 0 fully saturated rings. The number of nitrogens with one attached hydrogen (secondary N) is 1. The zero-order valence-corrected chi connectivity index (χ0v) is 11.2. The molecule has 0 aliphatic carbocycles. The van der Waals surface area contributed by atoms with Crippen LogP contribution in [0.2, 0.25) is 0 Å². The van der Waals surface area contributed by atoms with Crippen molar-refractivity contribution in [2.45, 2.75) is 13.3 Å². The maximum absolute atomic E-state index is 10.7. The lowest BCUT2D eigenvalue weighted by Gasteiger charge is -2.07. The number of fused-ring (bicyclic) bond motifs is 1.